The van der Waals surface area contributed by atoms with E-state index < -0.39 is 52.0 Å². The van der Waals surface area contributed by atoms with Crippen LogP contribution in [0.4, 0.5) is 11.4 Å². The predicted molar refractivity (Wildman–Crippen MR) is 254 cm³/mol. The first-order valence-corrected chi connectivity index (χ1v) is 27.7. The molecule has 22 heteroatoms. The van der Waals surface area contributed by atoms with Gasteiger partial charge in [-0.2, -0.15) is 33.7 Å². The summed E-state index contributed by atoms with van der Waals surface area (Å²) in [5.41, 5.74) is 6.03. The van der Waals surface area contributed by atoms with E-state index in [9.17, 15) is 51.9 Å². The lowest BCUT2D eigenvalue weighted by Crippen LogP contribution is -2.31. The summed E-state index contributed by atoms with van der Waals surface area (Å²) in [4.78, 5) is 4.29. The third kappa shape index (κ3) is 10.5. The Balaban J connectivity index is 1.18. The lowest BCUT2D eigenvalue weighted by molar-refractivity contribution is -0.673. The molecule has 4 aromatic carbocycles. The van der Waals surface area contributed by atoms with E-state index in [1.54, 1.807) is 21.9 Å². The maximum absolute atomic E-state index is 12.1. The second-order valence-electron chi connectivity index (χ2n) is 15.6. The molecule has 0 fully saturated rings. The summed E-state index contributed by atoms with van der Waals surface area (Å²) in [6.45, 7) is 0.244. The van der Waals surface area contributed by atoms with Crippen LogP contribution in [0, 0.1) is 0 Å². The van der Waals surface area contributed by atoms with Crippen molar-refractivity contribution in [1.29, 1.82) is 0 Å². The highest BCUT2D eigenvalue weighted by Gasteiger charge is 2.30. The molecule has 0 saturated carbocycles. The minimum absolute atomic E-state index is 0.0350. The van der Waals surface area contributed by atoms with Crippen LogP contribution in [0.25, 0.3) is 45.2 Å². The Morgan fingerprint density at radius 2 is 0.955 bits per heavy atom. The number of nitrogens with zero attached hydrogens (tertiary/aromatic N) is 4. The summed E-state index contributed by atoms with van der Waals surface area (Å²) in [6.07, 6.45) is 7.72. The molecule has 0 unspecified atom stereocenters. The molecule has 0 radical (unpaired) electrons. The van der Waals surface area contributed by atoms with Crippen molar-refractivity contribution in [2.24, 2.45) is 14.1 Å². The molecule has 2 aliphatic rings. The second-order valence-corrected chi connectivity index (χ2v) is 23.7. The Morgan fingerprint density at radius 1 is 0.545 bits per heavy atom. The van der Waals surface area contributed by atoms with E-state index in [2.05, 4.69) is 0 Å². The highest BCUT2D eigenvalue weighted by molar-refractivity contribution is 8.04. The molecule has 0 aliphatic carbocycles. The van der Waals surface area contributed by atoms with E-state index in [0.717, 1.165) is 44.4 Å². The van der Waals surface area contributed by atoms with E-state index in [4.69, 9.17) is 0 Å². The van der Waals surface area contributed by atoms with Gasteiger partial charge < -0.3 is 9.80 Å². The summed E-state index contributed by atoms with van der Waals surface area (Å²) < 4.78 is 137. The SMILES string of the molecule is C[n+]1ccc(-c2cccc3cccc(-c4cc[n+](C)c(C=C5Sc6ccc(S(=O)(=O)O)cc6N5CCCS(=O)(=O)O)c4)c23)cc1C=C1Sc2ccc(S(=O)(=O)O)cc2N1CCCS(=O)(=O)O. The van der Waals surface area contributed by atoms with Crippen LogP contribution in [0.15, 0.2) is 139 Å². The number of hydrogen-bond donors (Lipinski definition) is 4. The van der Waals surface area contributed by atoms with Gasteiger partial charge in [0.05, 0.1) is 42.7 Å². The lowest BCUT2D eigenvalue weighted by atomic mass is 9.91. The Morgan fingerprint density at radius 3 is 1.33 bits per heavy atom. The van der Waals surface area contributed by atoms with Crippen LogP contribution in [0.1, 0.15) is 24.2 Å². The van der Waals surface area contributed by atoms with Crippen molar-refractivity contribution >= 4 is 98.3 Å². The fraction of sp³-hybridized carbons (Fsp3) is 0.182. The van der Waals surface area contributed by atoms with Gasteiger partial charge in [0, 0.05) is 59.3 Å². The van der Waals surface area contributed by atoms with Gasteiger partial charge in [0.15, 0.2) is 12.4 Å². The fourth-order valence-electron chi connectivity index (χ4n) is 7.84. The maximum Gasteiger partial charge on any atom is 0.294 e. The zero-order valence-electron chi connectivity index (χ0n) is 35.1. The molecule has 4 heterocycles. The average molecular weight is 1010 g/mol. The number of rotatable bonds is 14. The lowest BCUT2D eigenvalue weighted by Gasteiger charge is -2.20. The fourth-order valence-corrected chi connectivity index (χ4v) is 12.1. The molecule has 0 bridgehead atoms. The van der Waals surface area contributed by atoms with Crippen molar-refractivity contribution in [2.75, 3.05) is 34.4 Å². The van der Waals surface area contributed by atoms with E-state index in [-0.39, 0.29) is 35.7 Å². The van der Waals surface area contributed by atoms with Crippen molar-refractivity contribution in [3.8, 4) is 22.3 Å². The summed E-state index contributed by atoms with van der Waals surface area (Å²) in [7, 11) is -13.9. The Bertz CT molecular complexity index is 3260. The Hall–Kier alpha value is -5.14. The number of anilines is 2. The smallest absolute Gasteiger partial charge is 0.294 e. The summed E-state index contributed by atoms with van der Waals surface area (Å²) >= 11 is 2.70. The van der Waals surface area contributed by atoms with Crippen LogP contribution < -0.4 is 18.9 Å². The van der Waals surface area contributed by atoms with Crippen molar-refractivity contribution < 1.29 is 61.0 Å². The van der Waals surface area contributed by atoms with E-state index in [1.807, 2.05) is 108 Å². The minimum atomic E-state index is -4.54. The number of pyridine rings is 2. The predicted octanol–water partition coefficient (Wildman–Crippen LogP) is 6.69. The first-order valence-electron chi connectivity index (χ1n) is 20.0. The number of hydrogen-bond acceptors (Lipinski definition) is 12. The van der Waals surface area contributed by atoms with Gasteiger partial charge in [-0.3, -0.25) is 18.2 Å². The van der Waals surface area contributed by atoms with Crippen LogP contribution in [0.2, 0.25) is 0 Å². The average Bonchev–Trinajstić information content (AvgIpc) is 3.76. The molecule has 0 atom stereocenters. The third-order valence-electron chi connectivity index (χ3n) is 11.0. The van der Waals surface area contributed by atoms with Crippen LogP contribution in [0.3, 0.4) is 0 Å². The zero-order valence-corrected chi connectivity index (χ0v) is 40.0. The zero-order chi connectivity index (χ0) is 47.3. The van der Waals surface area contributed by atoms with Crippen molar-refractivity contribution in [3.63, 3.8) is 0 Å². The molecule has 66 heavy (non-hydrogen) atoms. The van der Waals surface area contributed by atoms with E-state index in [0.29, 0.717) is 31.2 Å². The molecule has 0 spiro atoms. The van der Waals surface area contributed by atoms with Gasteiger partial charge in [-0.1, -0.05) is 59.9 Å². The maximum atomic E-state index is 12.1. The minimum Gasteiger partial charge on any atom is -0.335 e. The van der Waals surface area contributed by atoms with E-state index in [1.165, 1.54) is 47.8 Å². The van der Waals surface area contributed by atoms with Gasteiger partial charge in [-0.25, -0.2) is 9.13 Å². The van der Waals surface area contributed by atoms with Gasteiger partial charge in [-0.15, -0.1) is 0 Å². The number of fused-ring (bicyclic) bond motifs is 3. The topological polar surface area (TPSA) is 232 Å². The number of thioether (sulfide) groups is 2. The largest absolute Gasteiger partial charge is 0.335 e. The third-order valence-corrected chi connectivity index (χ3v) is 16.5. The number of aromatic nitrogens is 2. The highest BCUT2D eigenvalue weighted by atomic mass is 32.2. The Kier molecular flexibility index (Phi) is 13.0. The molecule has 2 aromatic heterocycles. The van der Waals surface area contributed by atoms with E-state index >= 15 is 0 Å². The standard InChI is InChI=1S/C44H40N4O12S6/c1-45-19-15-30(23-32(45)25-42-47(17-5-21-63(49,50)51)38-27-34(65(55,56)57)11-13-40(38)61-42)36-9-3-7-29-8-4-10-37(44(29)36)31-16-20-46(2)33(24-31)26-43-48(18-6-22-64(52,53)54)39-28-35(66(58,59)60)12-14-41(39)62-43/h3-4,7-16,19-20,23-28H,5-6,17-18,21-22H2,1-2H3,(H2-2,49,50,51,52,53,54,55,56,57,58,59,60)/p+2. The molecule has 6 aromatic rings. The normalized spacial score (nSPS) is 15.5. The Labute approximate surface area is 390 Å². The van der Waals surface area contributed by atoms with Crippen molar-refractivity contribution in [3.05, 3.63) is 131 Å². The van der Waals surface area contributed by atoms with Crippen molar-refractivity contribution in [1.82, 2.24) is 0 Å². The summed E-state index contributed by atoms with van der Waals surface area (Å²) in [5.74, 6) is -1.02. The van der Waals surface area contributed by atoms with Gasteiger partial charge in [0.2, 0.25) is 11.4 Å². The van der Waals surface area contributed by atoms with Gasteiger partial charge in [0.1, 0.15) is 14.1 Å². The van der Waals surface area contributed by atoms with Gasteiger partial charge in [0.25, 0.3) is 40.5 Å². The van der Waals surface area contributed by atoms with Crippen LogP contribution in [-0.2, 0) is 54.6 Å². The molecule has 0 amide bonds. The molecular formula is C44H42N4O12S6+2. The second kappa shape index (κ2) is 18.2. The summed E-state index contributed by atoms with van der Waals surface area (Å²) in [5, 5.41) is 3.25. The molecule has 0 saturated heterocycles. The van der Waals surface area contributed by atoms with Gasteiger partial charge in [-0.05, 0) is 82.3 Å². The molecular weight excluding hydrogens is 969 g/mol. The first kappa shape index (κ1) is 47.4. The van der Waals surface area contributed by atoms with Crippen LogP contribution >= 0.6 is 23.5 Å². The summed E-state index contributed by atoms with van der Waals surface area (Å²) in [6, 6.07) is 28.5. The monoisotopic (exact) mass is 1010 g/mol. The molecule has 8 rings (SSSR count). The van der Waals surface area contributed by atoms with Crippen LogP contribution in [-0.4, -0.2) is 76.5 Å². The molecule has 2 aliphatic heterocycles. The number of benzene rings is 4. The van der Waals surface area contributed by atoms with Gasteiger partial charge >= 0.3 is 0 Å². The molecule has 16 nitrogen and oxygen atoms in total. The van der Waals surface area contributed by atoms with Crippen LogP contribution in [0.5, 0.6) is 0 Å². The highest BCUT2D eigenvalue weighted by Crippen LogP contribution is 2.49. The molecule has 4 N–H and O–H groups in total. The number of aryl methyl sites for hydroxylation is 2. The molecule has 344 valence electrons. The first-order chi connectivity index (χ1) is 31.0. The van der Waals surface area contributed by atoms with Crippen molar-refractivity contribution in [2.45, 2.75) is 32.4 Å². The quantitative estimate of drug-likeness (QED) is 0.0657.